The molecule has 3 aromatic rings. The molecular weight excluding hydrogens is 324 g/mol. The largest absolute Gasteiger partial charge is 0.381 e. The predicted molar refractivity (Wildman–Crippen MR) is 92.7 cm³/mol. The molecule has 0 radical (unpaired) electrons. The Hall–Kier alpha value is -1.87. The lowest BCUT2D eigenvalue weighted by Crippen LogP contribution is -2.03. The van der Waals surface area contributed by atoms with Gasteiger partial charge in [0.15, 0.2) is 0 Å². The molecule has 0 aliphatic heterocycles. The number of nitrogens with zero attached hydrogens (tertiary/aromatic N) is 1. The minimum Gasteiger partial charge on any atom is -0.381 e. The molecule has 0 bridgehead atoms. The van der Waals surface area contributed by atoms with Gasteiger partial charge in [-0.1, -0.05) is 40.2 Å². The summed E-state index contributed by atoms with van der Waals surface area (Å²) in [4.78, 5) is 4.59. The van der Waals surface area contributed by atoms with Crippen LogP contribution in [0.1, 0.15) is 16.8 Å². The second kappa shape index (κ2) is 5.86. The second-order valence-electron chi connectivity index (χ2n) is 5.21. The molecule has 0 spiro atoms. The highest BCUT2D eigenvalue weighted by molar-refractivity contribution is 9.10. The lowest BCUT2D eigenvalue weighted by molar-refractivity contribution is 1.12. The number of hydrogen-bond acceptors (Lipinski definition) is 2. The maximum atomic E-state index is 4.59. The van der Waals surface area contributed by atoms with Gasteiger partial charge < -0.3 is 5.32 Å². The number of pyridine rings is 1. The van der Waals surface area contributed by atoms with Gasteiger partial charge in [0, 0.05) is 27.8 Å². The van der Waals surface area contributed by atoms with Crippen LogP contribution in [0.25, 0.3) is 10.9 Å². The molecule has 1 aromatic heterocycles. The Morgan fingerprint density at radius 2 is 1.86 bits per heavy atom. The molecule has 1 heterocycles. The van der Waals surface area contributed by atoms with E-state index >= 15 is 0 Å². The molecule has 106 valence electrons. The molecule has 0 aliphatic carbocycles. The topological polar surface area (TPSA) is 24.9 Å². The molecule has 21 heavy (non-hydrogen) atoms. The van der Waals surface area contributed by atoms with Crippen molar-refractivity contribution in [1.82, 2.24) is 4.98 Å². The van der Waals surface area contributed by atoms with E-state index in [4.69, 9.17) is 0 Å². The zero-order valence-electron chi connectivity index (χ0n) is 12.2. The Balaban J connectivity index is 1.93. The van der Waals surface area contributed by atoms with Gasteiger partial charge in [-0.25, -0.2) is 0 Å². The number of halogens is 1. The lowest BCUT2D eigenvalue weighted by atomic mass is 10.1. The van der Waals surface area contributed by atoms with E-state index in [1.807, 2.05) is 13.0 Å². The quantitative estimate of drug-likeness (QED) is 0.706. The van der Waals surface area contributed by atoms with E-state index in [1.54, 1.807) is 0 Å². The van der Waals surface area contributed by atoms with Crippen LogP contribution in [0, 0.1) is 13.8 Å². The summed E-state index contributed by atoms with van der Waals surface area (Å²) in [7, 11) is 0. The molecule has 0 atom stereocenters. The van der Waals surface area contributed by atoms with Gasteiger partial charge >= 0.3 is 0 Å². The van der Waals surface area contributed by atoms with Crippen molar-refractivity contribution in [2.45, 2.75) is 20.4 Å². The maximum absolute atomic E-state index is 4.59. The number of aromatic nitrogens is 1. The third-order valence-corrected chi connectivity index (χ3v) is 4.53. The van der Waals surface area contributed by atoms with Crippen LogP contribution in [-0.4, -0.2) is 4.98 Å². The first-order valence-electron chi connectivity index (χ1n) is 6.99. The third-order valence-electron chi connectivity index (χ3n) is 3.67. The summed E-state index contributed by atoms with van der Waals surface area (Å²) < 4.78 is 1.13. The molecule has 3 rings (SSSR count). The minimum absolute atomic E-state index is 0.793. The van der Waals surface area contributed by atoms with E-state index in [9.17, 15) is 0 Å². The van der Waals surface area contributed by atoms with Crippen molar-refractivity contribution >= 4 is 32.5 Å². The molecule has 0 unspecified atom stereocenters. The Kier molecular flexibility index (Phi) is 3.93. The Morgan fingerprint density at radius 1 is 1.05 bits per heavy atom. The summed E-state index contributed by atoms with van der Waals surface area (Å²) in [6, 6.07) is 16.7. The molecule has 0 fully saturated rings. The average Bonchev–Trinajstić information content (AvgIpc) is 2.48. The van der Waals surface area contributed by atoms with Gasteiger partial charge in [0.05, 0.1) is 5.52 Å². The molecule has 2 nitrogen and oxygen atoms in total. The number of rotatable bonds is 3. The van der Waals surface area contributed by atoms with Crippen molar-refractivity contribution in [3.05, 3.63) is 69.8 Å². The molecule has 0 saturated carbocycles. The highest BCUT2D eigenvalue weighted by Gasteiger charge is 2.05. The van der Waals surface area contributed by atoms with Crippen molar-refractivity contribution in [3.63, 3.8) is 0 Å². The Labute approximate surface area is 133 Å². The summed E-state index contributed by atoms with van der Waals surface area (Å²) in [5.74, 6) is 0. The van der Waals surface area contributed by atoms with Crippen LogP contribution >= 0.6 is 15.9 Å². The van der Waals surface area contributed by atoms with Crippen molar-refractivity contribution in [3.8, 4) is 0 Å². The SMILES string of the molecule is Cc1cc(CNc2cccc(Br)c2C)c2ccccc2n1. The van der Waals surface area contributed by atoms with Crippen LogP contribution in [-0.2, 0) is 6.54 Å². The van der Waals surface area contributed by atoms with Crippen LogP contribution in [0.15, 0.2) is 53.0 Å². The summed E-state index contributed by atoms with van der Waals surface area (Å²) >= 11 is 3.57. The summed E-state index contributed by atoms with van der Waals surface area (Å²) in [5, 5.41) is 4.74. The lowest BCUT2D eigenvalue weighted by Gasteiger charge is -2.13. The summed E-state index contributed by atoms with van der Waals surface area (Å²) in [6.45, 7) is 4.95. The van der Waals surface area contributed by atoms with Gasteiger partial charge in [-0.15, -0.1) is 0 Å². The van der Waals surface area contributed by atoms with Gasteiger partial charge in [-0.3, -0.25) is 4.98 Å². The summed E-state index contributed by atoms with van der Waals surface area (Å²) in [6.07, 6.45) is 0. The number of nitrogens with one attached hydrogen (secondary N) is 1. The molecule has 3 heteroatoms. The van der Waals surface area contributed by atoms with Crippen molar-refractivity contribution in [2.75, 3.05) is 5.32 Å². The van der Waals surface area contributed by atoms with Crippen LogP contribution in [0.4, 0.5) is 5.69 Å². The Bertz CT molecular complexity index is 796. The number of hydrogen-bond donors (Lipinski definition) is 1. The highest BCUT2D eigenvalue weighted by atomic mass is 79.9. The van der Waals surface area contributed by atoms with E-state index < -0.39 is 0 Å². The number of para-hydroxylation sites is 1. The molecule has 0 aliphatic rings. The van der Waals surface area contributed by atoms with Crippen molar-refractivity contribution < 1.29 is 0 Å². The minimum atomic E-state index is 0.793. The van der Waals surface area contributed by atoms with E-state index in [0.717, 1.165) is 27.9 Å². The normalized spacial score (nSPS) is 10.8. The first-order valence-corrected chi connectivity index (χ1v) is 7.79. The fourth-order valence-corrected chi connectivity index (χ4v) is 2.90. The first-order chi connectivity index (χ1) is 10.1. The molecule has 2 aromatic carbocycles. The zero-order chi connectivity index (χ0) is 14.8. The zero-order valence-corrected chi connectivity index (χ0v) is 13.7. The van der Waals surface area contributed by atoms with Gasteiger partial charge in [0.25, 0.3) is 0 Å². The molecule has 1 N–H and O–H groups in total. The van der Waals surface area contributed by atoms with Crippen LogP contribution in [0.3, 0.4) is 0 Å². The van der Waals surface area contributed by atoms with Gasteiger partial charge in [0.2, 0.25) is 0 Å². The third kappa shape index (κ3) is 2.93. The van der Waals surface area contributed by atoms with Crippen molar-refractivity contribution in [2.24, 2.45) is 0 Å². The Morgan fingerprint density at radius 3 is 2.71 bits per heavy atom. The van der Waals surface area contributed by atoms with Gasteiger partial charge in [-0.05, 0) is 49.2 Å². The highest BCUT2D eigenvalue weighted by Crippen LogP contribution is 2.25. The maximum Gasteiger partial charge on any atom is 0.0708 e. The van der Waals surface area contributed by atoms with E-state index in [2.05, 4.69) is 75.6 Å². The molecular formula is C18H17BrN2. The van der Waals surface area contributed by atoms with E-state index in [0.29, 0.717) is 0 Å². The molecule has 0 amide bonds. The standard InChI is InChI=1S/C18H17BrN2/c1-12-10-14(15-6-3-4-8-18(15)21-12)11-20-17-9-5-7-16(19)13(17)2/h3-10,20H,11H2,1-2H3. The van der Waals surface area contributed by atoms with Gasteiger partial charge in [-0.2, -0.15) is 0 Å². The average molecular weight is 341 g/mol. The van der Waals surface area contributed by atoms with Crippen LogP contribution in [0.2, 0.25) is 0 Å². The fourth-order valence-electron chi connectivity index (χ4n) is 2.53. The van der Waals surface area contributed by atoms with Crippen LogP contribution < -0.4 is 5.32 Å². The van der Waals surface area contributed by atoms with E-state index in [1.165, 1.54) is 16.5 Å². The van der Waals surface area contributed by atoms with Gasteiger partial charge in [0.1, 0.15) is 0 Å². The number of anilines is 1. The van der Waals surface area contributed by atoms with Crippen LogP contribution in [0.5, 0.6) is 0 Å². The number of aryl methyl sites for hydroxylation is 1. The van der Waals surface area contributed by atoms with Crippen molar-refractivity contribution in [1.29, 1.82) is 0 Å². The summed E-state index contributed by atoms with van der Waals surface area (Å²) in [5.41, 5.74) is 5.77. The molecule has 0 saturated heterocycles. The predicted octanol–water partition coefficient (Wildman–Crippen LogP) is 5.23. The number of benzene rings is 2. The second-order valence-corrected chi connectivity index (χ2v) is 6.06. The monoisotopic (exact) mass is 340 g/mol. The number of fused-ring (bicyclic) bond motifs is 1. The van der Waals surface area contributed by atoms with E-state index in [-0.39, 0.29) is 0 Å². The fraction of sp³-hybridized carbons (Fsp3) is 0.167. The first kappa shape index (κ1) is 14.1. The smallest absolute Gasteiger partial charge is 0.0708 e.